The third-order valence-corrected chi connectivity index (χ3v) is 6.80. The molecule has 1 atom stereocenters. The molecule has 38 heavy (non-hydrogen) atoms. The second-order valence-electron chi connectivity index (χ2n) is 8.99. The lowest BCUT2D eigenvalue weighted by atomic mass is 10.0. The van der Waals surface area contributed by atoms with Crippen LogP contribution in [0.25, 0.3) is 11.3 Å². The fraction of sp³-hybridized carbons (Fsp3) is 0.269. The summed E-state index contributed by atoms with van der Waals surface area (Å²) in [6, 6.07) is 3.97. The van der Waals surface area contributed by atoms with Crippen molar-refractivity contribution in [3.8, 4) is 11.3 Å². The van der Waals surface area contributed by atoms with Gasteiger partial charge >= 0.3 is 0 Å². The molecule has 1 saturated heterocycles. The van der Waals surface area contributed by atoms with E-state index in [-0.39, 0.29) is 22.5 Å². The standard InChI is InChI=1S/C26H23ClF3N7O/c1-14-8-22(36-6-3-7-36)32-10-18(14)15(2)37-13-16(9-33-37)34-26(38)21-12-31-11-20(35-21)23-17(25(29)30)4-5-19(27)24(23)28/h4-5,8-13,15,25H,3,6-7H2,1-2H3,(H,34,38). The Morgan fingerprint density at radius 3 is 2.61 bits per heavy atom. The van der Waals surface area contributed by atoms with Crippen LogP contribution in [-0.4, -0.2) is 43.7 Å². The van der Waals surface area contributed by atoms with E-state index in [4.69, 9.17) is 11.6 Å². The fourth-order valence-corrected chi connectivity index (χ4v) is 4.42. The van der Waals surface area contributed by atoms with Gasteiger partial charge in [-0.25, -0.2) is 23.1 Å². The number of carbonyl (C=O) groups is 1. The maximum Gasteiger partial charge on any atom is 0.275 e. The molecule has 0 aliphatic carbocycles. The van der Waals surface area contributed by atoms with Crippen molar-refractivity contribution < 1.29 is 18.0 Å². The first-order chi connectivity index (χ1) is 18.2. The number of hydrogen-bond donors (Lipinski definition) is 1. The Morgan fingerprint density at radius 2 is 1.92 bits per heavy atom. The quantitative estimate of drug-likeness (QED) is 0.316. The molecular weight excluding hydrogens is 519 g/mol. The van der Waals surface area contributed by atoms with Gasteiger partial charge in [-0.15, -0.1) is 0 Å². The molecule has 196 valence electrons. The number of pyridine rings is 1. The third-order valence-electron chi connectivity index (χ3n) is 6.51. The van der Waals surface area contributed by atoms with Crippen LogP contribution in [0, 0.1) is 12.7 Å². The molecule has 0 radical (unpaired) electrons. The lowest BCUT2D eigenvalue weighted by Gasteiger charge is -2.32. The van der Waals surface area contributed by atoms with Crippen molar-refractivity contribution in [3.63, 3.8) is 0 Å². The molecule has 1 aliphatic heterocycles. The number of amides is 1. The largest absolute Gasteiger partial charge is 0.356 e. The molecule has 0 bridgehead atoms. The molecule has 0 spiro atoms. The van der Waals surface area contributed by atoms with Gasteiger partial charge in [-0.3, -0.25) is 14.5 Å². The molecule has 1 aromatic carbocycles. The predicted molar refractivity (Wildman–Crippen MR) is 137 cm³/mol. The summed E-state index contributed by atoms with van der Waals surface area (Å²) >= 11 is 5.80. The first-order valence-electron chi connectivity index (χ1n) is 11.9. The topological polar surface area (TPSA) is 88.8 Å². The molecular formula is C26H23ClF3N7O. The maximum absolute atomic E-state index is 14.7. The van der Waals surface area contributed by atoms with Crippen LogP contribution < -0.4 is 10.2 Å². The molecule has 1 aliphatic rings. The SMILES string of the molecule is Cc1cc(N2CCC2)ncc1C(C)n1cc(NC(=O)c2cncc(-c3c(C(F)F)ccc(Cl)c3F)n2)cn1. The Kier molecular flexibility index (Phi) is 7.02. The van der Waals surface area contributed by atoms with Crippen molar-refractivity contribution in [1.82, 2.24) is 24.7 Å². The lowest BCUT2D eigenvalue weighted by Crippen LogP contribution is -2.37. The summed E-state index contributed by atoms with van der Waals surface area (Å²) in [4.78, 5) is 27.6. The molecule has 4 heterocycles. The average Bonchev–Trinajstić information content (AvgIpc) is 3.32. The summed E-state index contributed by atoms with van der Waals surface area (Å²) in [7, 11) is 0. The zero-order valence-corrected chi connectivity index (χ0v) is 21.3. The van der Waals surface area contributed by atoms with E-state index < -0.39 is 29.3 Å². The fourth-order valence-electron chi connectivity index (χ4n) is 4.26. The van der Waals surface area contributed by atoms with E-state index in [1.54, 1.807) is 10.9 Å². The molecule has 1 unspecified atom stereocenters. The highest BCUT2D eigenvalue weighted by molar-refractivity contribution is 6.31. The van der Waals surface area contributed by atoms with Crippen molar-refractivity contribution >= 4 is 29.0 Å². The minimum atomic E-state index is -2.98. The number of rotatable bonds is 7. The third kappa shape index (κ3) is 4.93. The first kappa shape index (κ1) is 25.7. The van der Waals surface area contributed by atoms with E-state index in [0.29, 0.717) is 5.69 Å². The van der Waals surface area contributed by atoms with Crippen LogP contribution in [0.5, 0.6) is 0 Å². The Morgan fingerprint density at radius 1 is 1.13 bits per heavy atom. The van der Waals surface area contributed by atoms with Gasteiger partial charge in [-0.1, -0.05) is 17.7 Å². The van der Waals surface area contributed by atoms with Crippen molar-refractivity contribution in [3.05, 3.63) is 82.4 Å². The molecule has 4 aromatic rings. The molecule has 5 rings (SSSR count). The molecule has 8 nitrogen and oxygen atoms in total. The summed E-state index contributed by atoms with van der Waals surface area (Å²) < 4.78 is 43.4. The minimum Gasteiger partial charge on any atom is -0.356 e. The Balaban J connectivity index is 1.34. The van der Waals surface area contributed by atoms with Crippen LogP contribution in [0.4, 0.5) is 24.7 Å². The highest BCUT2D eigenvalue weighted by Gasteiger charge is 2.23. The second-order valence-corrected chi connectivity index (χ2v) is 9.40. The van der Waals surface area contributed by atoms with Crippen LogP contribution in [0.15, 0.2) is 49.2 Å². The number of aromatic nitrogens is 5. The van der Waals surface area contributed by atoms with E-state index in [9.17, 15) is 18.0 Å². The first-order valence-corrected chi connectivity index (χ1v) is 12.3. The van der Waals surface area contributed by atoms with Crippen LogP contribution in [-0.2, 0) is 0 Å². The van der Waals surface area contributed by atoms with Crippen LogP contribution in [0.2, 0.25) is 5.02 Å². The van der Waals surface area contributed by atoms with Crippen molar-refractivity contribution in [2.24, 2.45) is 0 Å². The van der Waals surface area contributed by atoms with Gasteiger partial charge in [-0.05, 0) is 43.5 Å². The second kappa shape index (κ2) is 10.4. The lowest BCUT2D eigenvalue weighted by molar-refractivity contribution is 0.102. The van der Waals surface area contributed by atoms with Gasteiger partial charge in [0.2, 0.25) is 0 Å². The van der Waals surface area contributed by atoms with Gasteiger partial charge in [-0.2, -0.15) is 5.10 Å². The Bertz CT molecular complexity index is 1510. The van der Waals surface area contributed by atoms with Gasteiger partial charge in [0.25, 0.3) is 12.3 Å². The number of aryl methyl sites for hydroxylation is 1. The number of alkyl halides is 2. The monoisotopic (exact) mass is 541 g/mol. The van der Waals surface area contributed by atoms with E-state index >= 15 is 0 Å². The minimum absolute atomic E-state index is 0.153. The number of benzene rings is 1. The highest BCUT2D eigenvalue weighted by Crippen LogP contribution is 2.35. The average molecular weight is 542 g/mol. The van der Waals surface area contributed by atoms with Gasteiger partial charge in [0.05, 0.1) is 41.0 Å². The van der Waals surface area contributed by atoms with Gasteiger partial charge in [0, 0.05) is 36.6 Å². The molecule has 3 aromatic heterocycles. The Hall–Kier alpha value is -3.99. The maximum atomic E-state index is 14.7. The van der Waals surface area contributed by atoms with Crippen LogP contribution >= 0.6 is 11.6 Å². The number of halogens is 4. The van der Waals surface area contributed by atoms with E-state index in [2.05, 4.69) is 36.3 Å². The molecule has 0 saturated carbocycles. The van der Waals surface area contributed by atoms with Gasteiger partial charge in [0.1, 0.15) is 11.5 Å². The van der Waals surface area contributed by atoms with Crippen molar-refractivity contribution in [1.29, 1.82) is 0 Å². The van der Waals surface area contributed by atoms with Crippen molar-refractivity contribution in [2.45, 2.75) is 32.7 Å². The number of nitrogens with one attached hydrogen (secondary N) is 1. The highest BCUT2D eigenvalue weighted by atomic mass is 35.5. The molecule has 1 amide bonds. The van der Waals surface area contributed by atoms with Crippen molar-refractivity contribution in [2.75, 3.05) is 23.3 Å². The van der Waals surface area contributed by atoms with Gasteiger partial charge in [0.15, 0.2) is 5.82 Å². The van der Waals surface area contributed by atoms with Crippen LogP contribution in [0.1, 0.15) is 53.0 Å². The number of nitrogens with zero attached hydrogens (tertiary/aromatic N) is 6. The predicted octanol–water partition coefficient (Wildman–Crippen LogP) is 5.85. The normalized spacial score (nSPS) is 13.9. The van der Waals surface area contributed by atoms with E-state index in [1.807, 2.05) is 20.0 Å². The zero-order valence-electron chi connectivity index (χ0n) is 20.5. The summed E-state index contributed by atoms with van der Waals surface area (Å²) in [5.74, 6) is -0.765. The molecule has 1 fully saturated rings. The summed E-state index contributed by atoms with van der Waals surface area (Å²) in [6.45, 7) is 6.02. The summed E-state index contributed by atoms with van der Waals surface area (Å²) in [6.07, 6.45) is 5.44. The summed E-state index contributed by atoms with van der Waals surface area (Å²) in [5.41, 5.74) is 0.939. The number of carbonyl (C=O) groups excluding carboxylic acids is 1. The molecule has 12 heteroatoms. The molecule has 1 N–H and O–H groups in total. The smallest absolute Gasteiger partial charge is 0.275 e. The Labute approximate surface area is 221 Å². The van der Waals surface area contributed by atoms with Gasteiger partial charge < -0.3 is 10.2 Å². The number of hydrogen-bond acceptors (Lipinski definition) is 6. The van der Waals surface area contributed by atoms with Crippen LogP contribution in [0.3, 0.4) is 0 Å². The van der Waals surface area contributed by atoms with E-state index in [1.165, 1.54) is 12.6 Å². The van der Waals surface area contributed by atoms with E-state index in [0.717, 1.165) is 54.6 Å². The summed E-state index contributed by atoms with van der Waals surface area (Å²) in [5, 5.41) is 6.68. The zero-order chi connectivity index (χ0) is 27.0. The number of anilines is 2.